The summed E-state index contributed by atoms with van der Waals surface area (Å²) in [6.07, 6.45) is 0. The monoisotopic (exact) mass is 294 g/mol. The van der Waals surface area contributed by atoms with Crippen molar-refractivity contribution in [3.8, 4) is 11.5 Å². The maximum atomic E-state index is 11.9. The molecule has 2 rings (SSSR count). The Morgan fingerprint density at radius 2 is 2.00 bits per heavy atom. The Hall–Kier alpha value is -2.28. The number of carbonyl (C=O) groups is 2. The first-order valence-corrected chi connectivity index (χ1v) is 6.49. The highest BCUT2D eigenvalue weighted by Gasteiger charge is 2.18. The van der Waals surface area contributed by atoms with Crippen molar-refractivity contribution in [1.82, 2.24) is 4.90 Å². The van der Waals surface area contributed by atoms with E-state index >= 15 is 0 Å². The Morgan fingerprint density at radius 1 is 1.29 bits per heavy atom. The van der Waals surface area contributed by atoms with Gasteiger partial charge in [-0.15, -0.1) is 0 Å². The molecule has 1 aliphatic rings. The summed E-state index contributed by atoms with van der Waals surface area (Å²) < 4.78 is 15.6. The number of carbonyl (C=O) groups excluding carboxylic acids is 2. The average Bonchev–Trinajstić information content (AvgIpc) is 2.53. The van der Waals surface area contributed by atoms with E-state index in [2.05, 4.69) is 0 Å². The molecule has 0 unspecified atom stereocenters. The van der Waals surface area contributed by atoms with E-state index in [0.717, 1.165) is 0 Å². The lowest BCUT2D eigenvalue weighted by molar-refractivity contribution is -0.255. The van der Waals surface area contributed by atoms with Gasteiger partial charge in [-0.1, -0.05) is 0 Å². The summed E-state index contributed by atoms with van der Waals surface area (Å²) in [5.74, 6) is -0.899. The minimum Gasteiger partial charge on any atom is -0.545 e. The van der Waals surface area contributed by atoms with Gasteiger partial charge in [0, 0.05) is 18.7 Å². The van der Waals surface area contributed by atoms with Gasteiger partial charge in [-0.05, 0) is 18.2 Å². The fourth-order valence-electron chi connectivity index (χ4n) is 1.96. The zero-order valence-corrected chi connectivity index (χ0v) is 11.7. The van der Waals surface area contributed by atoms with Crippen molar-refractivity contribution in [3.05, 3.63) is 23.8 Å². The minimum atomic E-state index is -1.30. The van der Waals surface area contributed by atoms with Crippen LogP contribution in [0.4, 0.5) is 0 Å². The summed E-state index contributed by atoms with van der Waals surface area (Å²) in [4.78, 5) is 24.4. The summed E-state index contributed by atoms with van der Waals surface area (Å²) in [5.41, 5.74) is -0.0151. The normalized spacial score (nSPS) is 14.6. The fraction of sp³-hybridized carbons (Fsp3) is 0.429. The number of aromatic carboxylic acids is 1. The van der Waals surface area contributed by atoms with Crippen molar-refractivity contribution < 1.29 is 28.9 Å². The molecule has 1 fully saturated rings. The van der Waals surface area contributed by atoms with Gasteiger partial charge in [0.1, 0.15) is 0 Å². The van der Waals surface area contributed by atoms with Crippen LogP contribution < -0.4 is 14.6 Å². The topological polar surface area (TPSA) is 88.1 Å². The van der Waals surface area contributed by atoms with Crippen LogP contribution in [0.1, 0.15) is 10.4 Å². The van der Waals surface area contributed by atoms with Crippen molar-refractivity contribution in [2.24, 2.45) is 0 Å². The summed E-state index contributed by atoms with van der Waals surface area (Å²) in [5, 5.41) is 10.8. The molecule has 0 saturated carbocycles. The van der Waals surface area contributed by atoms with Crippen LogP contribution in [0, 0.1) is 0 Å². The zero-order chi connectivity index (χ0) is 15.2. The van der Waals surface area contributed by atoms with Crippen LogP contribution in [-0.2, 0) is 9.53 Å². The second-order valence-electron chi connectivity index (χ2n) is 4.43. The van der Waals surface area contributed by atoms with E-state index in [1.807, 2.05) is 0 Å². The third kappa shape index (κ3) is 3.85. The molecule has 1 aromatic rings. The number of hydrogen-bond acceptors (Lipinski definition) is 6. The predicted molar refractivity (Wildman–Crippen MR) is 70.2 cm³/mol. The summed E-state index contributed by atoms with van der Waals surface area (Å²) in [7, 11) is 1.39. The predicted octanol–water partition coefficient (Wildman–Crippen LogP) is -0.704. The Bertz CT molecular complexity index is 524. The molecular weight excluding hydrogens is 278 g/mol. The van der Waals surface area contributed by atoms with Gasteiger partial charge in [0.05, 0.1) is 26.3 Å². The van der Waals surface area contributed by atoms with Gasteiger partial charge >= 0.3 is 0 Å². The van der Waals surface area contributed by atoms with Gasteiger partial charge in [-0.25, -0.2) is 0 Å². The third-order valence-corrected chi connectivity index (χ3v) is 3.11. The van der Waals surface area contributed by atoms with Gasteiger partial charge in [0.25, 0.3) is 5.91 Å². The SMILES string of the molecule is COc1cc(C(=O)[O-])ccc1OCC(=O)N1CCOCC1. The Labute approximate surface area is 122 Å². The molecule has 0 N–H and O–H groups in total. The minimum absolute atomic E-state index is 0.0151. The molecule has 0 aromatic heterocycles. The van der Waals surface area contributed by atoms with Gasteiger partial charge in [0.2, 0.25) is 0 Å². The van der Waals surface area contributed by atoms with Crippen molar-refractivity contribution in [2.45, 2.75) is 0 Å². The van der Waals surface area contributed by atoms with Crippen molar-refractivity contribution >= 4 is 11.9 Å². The number of morpholine rings is 1. The third-order valence-electron chi connectivity index (χ3n) is 3.11. The number of benzene rings is 1. The average molecular weight is 294 g/mol. The molecule has 7 heteroatoms. The molecule has 21 heavy (non-hydrogen) atoms. The van der Waals surface area contributed by atoms with Crippen LogP contribution in [0.15, 0.2) is 18.2 Å². The highest BCUT2D eigenvalue weighted by atomic mass is 16.5. The molecule has 1 amide bonds. The van der Waals surface area contributed by atoms with Crippen LogP contribution in [0.5, 0.6) is 11.5 Å². The molecule has 0 spiro atoms. The number of ether oxygens (including phenoxy) is 3. The van der Waals surface area contributed by atoms with Gasteiger partial charge in [0.15, 0.2) is 18.1 Å². The highest BCUT2D eigenvalue weighted by Crippen LogP contribution is 2.27. The van der Waals surface area contributed by atoms with Crippen LogP contribution in [0.2, 0.25) is 0 Å². The molecule has 0 bridgehead atoms. The maximum Gasteiger partial charge on any atom is 0.260 e. The summed E-state index contributed by atoms with van der Waals surface area (Å²) >= 11 is 0. The molecule has 0 radical (unpaired) electrons. The zero-order valence-electron chi connectivity index (χ0n) is 11.7. The number of amides is 1. The molecule has 1 aromatic carbocycles. The summed E-state index contributed by atoms with van der Waals surface area (Å²) in [6.45, 7) is 2.00. The molecule has 0 aliphatic carbocycles. The highest BCUT2D eigenvalue weighted by molar-refractivity contribution is 5.86. The first-order chi connectivity index (χ1) is 10.1. The van der Waals surface area contributed by atoms with E-state index in [1.165, 1.54) is 25.3 Å². The van der Waals surface area contributed by atoms with Crippen LogP contribution in [-0.4, -0.2) is 56.8 Å². The van der Waals surface area contributed by atoms with Crippen molar-refractivity contribution in [1.29, 1.82) is 0 Å². The second kappa shape index (κ2) is 6.94. The van der Waals surface area contributed by atoms with E-state index in [0.29, 0.717) is 32.1 Å². The molecule has 114 valence electrons. The number of methoxy groups -OCH3 is 1. The lowest BCUT2D eigenvalue weighted by atomic mass is 10.2. The first-order valence-electron chi connectivity index (χ1n) is 6.49. The molecule has 1 heterocycles. The largest absolute Gasteiger partial charge is 0.545 e. The summed E-state index contributed by atoms with van der Waals surface area (Å²) in [6, 6.07) is 4.08. The molecular formula is C14H16NO6-. The fourth-order valence-corrected chi connectivity index (χ4v) is 1.96. The maximum absolute atomic E-state index is 11.9. The molecule has 1 aliphatic heterocycles. The van der Waals surface area contributed by atoms with Crippen LogP contribution in [0.25, 0.3) is 0 Å². The van der Waals surface area contributed by atoms with Crippen LogP contribution in [0.3, 0.4) is 0 Å². The number of hydrogen-bond donors (Lipinski definition) is 0. The lowest BCUT2D eigenvalue weighted by Crippen LogP contribution is -2.43. The lowest BCUT2D eigenvalue weighted by Gasteiger charge is -2.26. The second-order valence-corrected chi connectivity index (χ2v) is 4.43. The van der Waals surface area contributed by atoms with E-state index < -0.39 is 5.97 Å². The van der Waals surface area contributed by atoms with Crippen molar-refractivity contribution in [3.63, 3.8) is 0 Å². The standard InChI is InChI=1S/C14H17NO6/c1-19-12-8-10(14(17)18)2-3-11(12)21-9-13(16)15-4-6-20-7-5-15/h2-3,8H,4-7,9H2,1H3,(H,17,18)/p-1. The van der Waals surface area contributed by atoms with Gasteiger partial charge in [-0.3, -0.25) is 4.79 Å². The first kappa shape index (κ1) is 15.1. The number of carboxylic acid groups (broad SMARTS) is 1. The van der Waals surface area contributed by atoms with E-state index in [4.69, 9.17) is 14.2 Å². The van der Waals surface area contributed by atoms with Gasteiger partial charge in [-0.2, -0.15) is 0 Å². The Balaban J connectivity index is 1.98. The van der Waals surface area contributed by atoms with Crippen LogP contribution >= 0.6 is 0 Å². The van der Waals surface area contributed by atoms with Gasteiger partial charge < -0.3 is 29.0 Å². The quantitative estimate of drug-likeness (QED) is 0.713. The molecule has 1 saturated heterocycles. The number of nitrogens with zero attached hydrogens (tertiary/aromatic N) is 1. The van der Waals surface area contributed by atoms with Crippen molar-refractivity contribution in [2.75, 3.05) is 40.0 Å². The molecule has 7 nitrogen and oxygen atoms in total. The Kier molecular flexibility index (Phi) is 4.99. The Morgan fingerprint density at radius 3 is 2.62 bits per heavy atom. The smallest absolute Gasteiger partial charge is 0.260 e. The molecule has 0 atom stereocenters. The number of rotatable bonds is 5. The van der Waals surface area contributed by atoms with E-state index in [-0.39, 0.29) is 23.8 Å². The van der Waals surface area contributed by atoms with E-state index in [9.17, 15) is 14.7 Å². The van der Waals surface area contributed by atoms with E-state index in [1.54, 1.807) is 4.90 Å². The number of carboxylic acids is 1.